The third-order valence-electron chi connectivity index (χ3n) is 3.86. The third kappa shape index (κ3) is 3.41. The maximum absolute atomic E-state index is 5.60. The molecule has 1 atom stereocenters. The lowest BCUT2D eigenvalue weighted by atomic mass is 10.2. The first kappa shape index (κ1) is 14.9. The molecule has 1 N–H and O–H groups in total. The first-order valence-corrected chi connectivity index (χ1v) is 7.81. The average Bonchev–Trinajstić information content (AvgIpc) is 3.17. The van der Waals surface area contributed by atoms with Gasteiger partial charge in [-0.25, -0.2) is 0 Å². The summed E-state index contributed by atoms with van der Waals surface area (Å²) in [6.45, 7) is 6.59. The SMILES string of the molecule is CC(C)c1nnc(CNC[C@@H]2CCCN2c2cccnn2)o1. The van der Waals surface area contributed by atoms with E-state index < -0.39 is 0 Å². The second kappa shape index (κ2) is 6.83. The van der Waals surface area contributed by atoms with Crippen LogP contribution in [0.5, 0.6) is 0 Å². The van der Waals surface area contributed by atoms with Crippen LogP contribution in [-0.2, 0) is 6.54 Å². The summed E-state index contributed by atoms with van der Waals surface area (Å²) >= 11 is 0. The molecule has 1 fully saturated rings. The lowest BCUT2D eigenvalue weighted by molar-refractivity contribution is 0.413. The average molecular weight is 302 g/mol. The predicted octanol–water partition coefficient (Wildman–Crippen LogP) is 1.74. The maximum Gasteiger partial charge on any atom is 0.230 e. The van der Waals surface area contributed by atoms with Crippen LogP contribution in [0.2, 0.25) is 0 Å². The van der Waals surface area contributed by atoms with Gasteiger partial charge in [-0.05, 0) is 25.0 Å². The molecule has 2 aromatic heterocycles. The van der Waals surface area contributed by atoms with E-state index in [0.29, 0.717) is 24.4 Å². The quantitative estimate of drug-likeness (QED) is 0.870. The highest BCUT2D eigenvalue weighted by molar-refractivity contribution is 5.39. The molecule has 0 saturated carbocycles. The highest BCUT2D eigenvalue weighted by Crippen LogP contribution is 2.22. The van der Waals surface area contributed by atoms with Crippen molar-refractivity contribution >= 4 is 5.82 Å². The topological polar surface area (TPSA) is 80.0 Å². The van der Waals surface area contributed by atoms with Crippen molar-refractivity contribution < 1.29 is 4.42 Å². The summed E-state index contributed by atoms with van der Waals surface area (Å²) in [6.07, 6.45) is 4.04. The van der Waals surface area contributed by atoms with Crippen LogP contribution in [0.4, 0.5) is 5.82 Å². The van der Waals surface area contributed by atoms with Crippen LogP contribution in [0, 0.1) is 0 Å². The Morgan fingerprint density at radius 2 is 2.27 bits per heavy atom. The highest BCUT2D eigenvalue weighted by Gasteiger charge is 2.25. The molecule has 0 unspecified atom stereocenters. The molecule has 7 heteroatoms. The van der Waals surface area contributed by atoms with Gasteiger partial charge in [0.1, 0.15) is 0 Å². The summed E-state index contributed by atoms with van der Waals surface area (Å²) in [5.41, 5.74) is 0. The monoisotopic (exact) mass is 302 g/mol. The Morgan fingerprint density at radius 1 is 1.36 bits per heavy atom. The predicted molar refractivity (Wildman–Crippen MR) is 82.5 cm³/mol. The second-order valence-corrected chi connectivity index (χ2v) is 5.89. The minimum Gasteiger partial charge on any atom is -0.424 e. The van der Waals surface area contributed by atoms with Gasteiger partial charge in [0.15, 0.2) is 5.82 Å². The van der Waals surface area contributed by atoms with Crippen LogP contribution >= 0.6 is 0 Å². The van der Waals surface area contributed by atoms with Crippen LogP contribution in [0.25, 0.3) is 0 Å². The van der Waals surface area contributed by atoms with Crippen molar-refractivity contribution in [1.29, 1.82) is 0 Å². The van der Waals surface area contributed by atoms with Crippen LogP contribution in [0.3, 0.4) is 0 Å². The van der Waals surface area contributed by atoms with Crippen LogP contribution in [0.15, 0.2) is 22.7 Å². The fourth-order valence-corrected chi connectivity index (χ4v) is 2.71. The van der Waals surface area contributed by atoms with Gasteiger partial charge >= 0.3 is 0 Å². The second-order valence-electron chi connectivity index (χ2n) is 5.89. The van der Waals surface area contributed by atoms with Gasteiger partial charge in [-0.15, -0.1) is 15.3 Å². The zero-order valence-electron chi connectivity index (χ0n) is 13.1. The first-order chi connectivity index (χ1) is 10.7. The lowest BCUT2D eigenvalue weighted by Gasteiger charge is -2.25. The van der Waals surface area contributed by atoms with E-state index in [2.05, 4.69) is 30.6 Å². The van der Waals surface area contributed by atoms with Crippen molar-refractivity contribution in [2.75, 3.05) is 18.0 Å². The van der Waals surface area contributed by atoms with Gasteiger partial charge in [-0.3, -0.25) is 0 Å². The summed E-state index contributed by atoms with van der Waals surface area (Å²) < 4.78 is 5.60. The standard InChI is InChI=1S/C15H22N6O/c1-11(2)15-20-19-14(22-15)10-16-9-12-5-4-8-21(12)13-6-3-7-17-18-13/h3,6-7,11-12,16H,4-5,8-10H2,1-2H3/t12-/m0/s1. The number of anilines is 1. The molecule has 1 aliphatic rings. The lowest BCUT2D eigenvalue weighted by Crippen LogP contribution is -2.38. The summed E-state index contributed by atoms with van der Waals surface area (Å²) in [4.78, 5) is 2.31. The van der Waals surface area contributed by atoms with Gasteiger partial charge in [-0.1, -0.05) is 13.8 Å². The van der Waals surface area contributed by atoms with Crippen LogP contribution in [0.1, 0.15) is 44.4 Å². The van der Waals surface area contributed by atoms with Crippen molar-refractivity contribution in [3.05, 3.63) is 30.1 Å². The molecule has 0 aliphatic carbocycles. The Hall–Kier alpha value is -2.02. The summed E-state index contributed by atoms with van der Waals surface area (Å²) in [7, 11) is 0. The normalized spacial score (nSPS) is 18.3. The highest BCUT2D eigenvalue weighted by atomic mass is 16.4. The molecule has 0 bridgehead atoms. The van der Waals surface area contributed by atoms with E-state index in [4.69, 9.17) is 4.42 Å². The third-order valence-corrected chi connectivity index (χ3v) is 3.86. The molecule has 1 saturated heterocycles. The molecule has 3 heterocycles. The summed E-state index contributed by atoms with van der Waals surface area (Å²) in [5.74, 6) is 2.56. The molecule has 22 heavy (non-hydrogen) atoms. The largest absolute Gasteiger partial charge is 0.424 e. The fourth-order valence-electron chi connectivity index (χ4n) is 2.71. The minimum atomic E-state index is 0.267. The molecule has 0 aromatic carbocycles. The number of nitrogens with zero attached hydrogens (tertiary/aromatic N) is 5. The molecule has 1 aliphatic heterocycles. The molecule has 2 aromatic rings. The van der Waals surface area contributed by atoms with Crippen molar-refractivity contribution in [3.8, 4) is 0 Å². The van der Waals surface area contributed by atoms with E-state index in [1.165, 1.54) is 6.42 Å². The molecule has 118 valence electrons. The van der Waals surface area contributed by atoms with Crippen molar-refractivity contribution in [3.63, 3.8) is 0 Å². The smallest absolute Gasteiger partial charge is 0.230 e. The van der Waals surface area contributed by atoms with E-state index in [1.807, 2.05) is 26.0 Å². The first-order valence-electron chi connectivity index (χ1n) is 7.81. The van der Waals surface area contributed by atoms with Gasteiger partial charge in [-0.2, -0.15) is 5.10 Å². The zero-order valence-corrected chi connectivity index (χ0v) is 13.1. The zero-order chi connectivity index (χ0) is 15.4. The van der Waals surface area contributed by atoms with Gasteiger partial charge in [0.25, 0.3) is 0 Å². The van der Waals surface area contributed by atoms with Crippen molar-refractivity contribution in [1.82, 2.24) is 25.7 Å². The van der Waals surface area contributed by atoms with Crippen molar-refractivity contribution in [2.45, 2.75) is 45.2 Å². The van der Waals surface area contributed by atoms with E-state index >= 15 is 0 Å². The molecule has 7 nitrogen and oxygen atoms in total. The van der Waals surface area contributed by atoms with Gasteiger partial charge in [0.05, 0.1) is 6.54 Å². The maximum atomic E-state index is 5.60. The molecule has 0 radical (unpaired) electrons. The van der Waals surface area contributed by atoms with E-state index in [0.717, 1.165) is 25.3 Å². The van der Waals surface area contributed by atoms with E-state index in [1.54, 1.807) is 6.20 Å². The molecular weight excluding hydrogens is 280 g/mol. The number of aromatic nitrogens is 4. The minimum absolute atomic E-state index is 0.267. The Bertz CT molecular complexity index is 585. The van der Waals surface area contributed by atoms with Crippen LogP contribution in [-0.4, -0.2) is 39.5 Å². The molecule has 3 rings (SSSR count). The summed E-state index contributed by atoms with van der Waals surface area (Å²) in [5, 5.41) is 19.7. The molecule has 0 spiro atoms. The van der Waals surface area contributed by atoms with E-state index in [9.17, 15) is 0 Å². The molecule has 0 amide bonds. The molecular formula is C15H22N6O. The van der Waals surface area contributed by atoms with E-state index in [-0.39, 0.29) is 5.92 Å². The number of nitrogens with one attached hydrogen (secondary N) is 1. The number of hydrogen-bond donors (Lipinski definition) is 1. The summed E-state index contributed by atoms with van der Waals surface area (Å²) in [6, 6.07) is 4.37. The number of rotatable bonds is 6. The Balaban J connectivity index is 1.52. The van der Waals surface area contributed by atoms with Gasteiger partial charge in [0.2, 0.25) is 11.8 Å². The number of hydrogen-bond acceptors (Lipinski definition) is 7. The fraction of sp³-hybridized carbons (Fsp3) is 0.600. The Kier molecular flexibility index (Phi) is 4.62. The van der Waals surface area contributed by atoms with Gasteiger partial charge in [0, 0.05) is 31.2 Å². The Labute approximate surface area is 130 Å². The van der Waals surface area contributed by atoms with Gasteiger partial charge < -0.3 is 14.6 Å². The Morgan fingerprint density at radius 3 is 3.00 bits per heavy atom. The van der Waals surface area contributed by atoms with Crippen LogP contribution < -0.4 is 10.2 Å². The van der Waals surface area contributed by atoms with Crippen molar-refractivity contribution in [2.24, 2.45) is 0 Å².